The first-order valence-electron chi connectivity index (χ1n) is 26.0. The number of aliphatic hydroxyl groups is 2. The van der Waals surface area contributed by atoms with Crippen molar-refractivity contribution in [3.63, 3.8) is 0 Å². The first-order valence-corrected chi connectivity index (χ1v) is 26.0. The summed E-state index contributed by atoms with van der Waals surface area (Å²) in [6, 6.07) is 10.3. The summed E-state index contributed by atoms with van der Waals surface area (Å²) in [6.45, 7) is 15.2. The van der Waals surface area contributed by atoms with Crippen LogP contribution >= 0.6 is 0 Å². The Kier molecular flexibility index (Phi) is 20.5. The van der Waals surface area contributed by atoms with E-state index in [-0.39, 0.29) is 63.9 Å². The molecule has 2 amide bonds. The maximum atomic E-state index is 15.1. The molecular weight excluding hydrogens is 879 g/mol. The Morgan fingerprint density at radius 1 is 0.884 bits per heavy atom. The smallest absolute Gasteiger partial charge is 0.412 e. The fraction of sp³-hybridized carbons (Fsp3) is 0.655. The second-order valence-corrected chi connectivity index (χ2v) is 20.0. The van der Waals surface area contributed by atoms with Crippen LogP contribution in [0.3, 0.4) is 0 Å². The van der Waals surface area contributed by atoms with Gasteiger partial charge in [-0.1, -0.05) is 101 Å². The lowest BCUT2D eigenvalue weighted by molar-refractivity contribution is -0.256. The van der Waals surface area contributed by atoms with E-state index in [0.717, 1.165) is 61.6 Å². The number of carbonyl (C=O) groups is 2. The summed E-state index contributed by atoms with van der Waals surface area (Å²) >= 11 is 0. The van der Waals surface area contributed by atoms with E-state index in [1.807, 2.05) is 58.0 Å². The van der Waals surface area contributed by atoms with Crippen LogP contribution in [0, 0.1) is 17.8 Å². The minimum atomic E-state index is -1.52. The maximum absolute atomic E-state index is 15.1. The molecule has 0 aromatic heterocycles. The van der Waals surface area contributed by atoms with Crippen LogP contribution in [0.1, 0.15) is 161 Å². The number of ether oxygens (including phenoxy) is 6. The van der Waals surface area contributed by atoms with Crippen LogP contribution in [0.25, 0.3) is 0 Å². The molecule has 0 bridgehead atoms. The van der Waals surface area contributed by atoms with Gasteiger partial charge in [0.2, 0.25) is 12.6 Å². The average molecular weight is 960 g/mol. The summed E-state index contributed by atoms with van der Waals surface area (Å²) in [5, 5.41) is 27.7. The summed E-state index contributed by atoms with van der Waals surface area (Å²) < 4.78 is 38.2. The van der Waals surface area contributed by atoms with E-state index < -0.39 is 35.5 Å². The van der Waals surface area contributed by atoms with Crippen LogP contribution in [0.15, 0.2) is 65.9 Å². The highest BCUT2D eigenvalue weighted by molar-refractivity contribution is 6.03. The lowest BCUT2D eigenvalue weighted by Crippen LogP contribution is -2.70. The van der Waals surface area contributed by atoms with Crippen LogP contribution in [0.4, 0.5) is 9.59 Å². The molecule has 4 aliphatic rings. The summed E-state index contributed by atoms with van der Waals surface area (Å²) in [4.78, 5) is 36.0. The van der Waals surface area contributed by atoms with Gasteiger partial charge < -0.3 is 48.8 Å². The molecule has 2 aliphatic heterocycles. The van der Waals surface area contributed by atoms with Crippen molar-refractivity contribution in [1.82, 2.24) is 10.2 Å². The molecule has 2 aliphatic carbocycles. The Hall–Kier alpha value is -4.79. The summed E-state index contributed by atoms with van der Waals surface area (Å²) in [5.74, 6) is -0.252. The van der Waals surface area contributed by atoms with Gasteiger partial charge in [-0.2, -0.15) is 0 Å². The molecule has 6 unspecified atom stereocenters. The fourth-order valence-electron chi connectivity index (χ4n) is 10.6. The normalized spacial score (nSPS) is 22.7. The Balaban J connectivity index is 1.48. The van der Waals surface area contributed by atoms with Gasteiger partial charge in [0.05, 0.1) is 24.8 Å². The molecule has 1 saturated carbocycles. The second kappa shape index (κ2) is 26.4. The van der Waals surface area contributed by atoms with Crippen LogP contribution in [-0.4, -0.2) is 90.2 Å². The lowest BCUT2D eigenvalue weighted by Gasteiger charge is -2.60. The molecule has 6 atom stereocenters. The molecule has 2 heterocycles. The zero-order chi connectivity index (χ0) is 49.2. The zero-order valence-corrected chi connectivity index (χ0v) is 42.1. The Bertz CT molecular complexity index is 2030. The van der Waals surface area contributed by atoms with Crippen molar-refractivity contribution in [2.75, 3.05) is 39.8 Å². The van der Waals surface area contributed by atoms with Crippen molar-refractivity contribution in [3.8, 4) is 23.0 Å². The number of allylic oxidation sites excluding steroid dienone is 1. The third-order valence-corrected chi connectivity index (χ3v) is 13.7. The third kappa shape index (κ3) is 14.2. The van der Waals surface area contributed by atoms with Gasteiger partial charge in [-0.3, -0.25) is 4.90 Å². The second-order valence-electron chi connectivity index (χ2n) is 20.0. The maximum Gasteiger partial charge on any atom is 0.412 e. The molecule has 0 radical (unpaired) electrons. The van der Waals surface area contributed by atoms with Gasteiger partial charge in [0.15, 0.2) is 11.5 Å². The van der Waals surface area contributed by atoms with Crippen molar-refractivity contribution in [2.45, 2.75) is 174 Å². The van der Waals surface area contributed by atoms with E-state index >= 15 is 4.79 Å². The number of rotatable bonds is 28. The van der Waals surface area contributed by atoms with E-state index in [1.54, 1.807) is 17.0 Å². The molecule has 0 saturated heterocycles. The topological polar surface area (TPSA) is 167 Å². The molecule has 14 heteroatoms. The number of benzene rings is 2. The highest BCUT2D eigenvalue weighted by Crippen LogP contribution is 2.62. The molecule has 3 N–H and O–H groups in total. The number of hydrogen-bond acceptors (Lipinski definition) is 12. The monoisotopic (exact) mass is 960 g/mol. The van der Waals surface area contributed by atoms with Crippen LogP contribution in [0.2, 0.25) is 0 Å². The number of unbranched alkanes of at least 4 members (excludes halogenated alkanes) is 11. The molecule has 6 rings (SSSR count). The number of hydrogen-bond donors (Lipinski definition) is 3. The molecule has 2 aromatic rings. The summed E-state index contributed by atoms with van der Waals surface area (Å²) in [5.41, 5.74) is 2.57. The number of fused-ring (bicyclic) bond motifs is 3. The predicted molar refractivity (Wildman–Crippen MR) is 267 cm³/mol. The van der Waals surface area contributed by atoms with Crippen molar-refractivity contribution in [3.05, 3.63) is 71.8 Å². The van der Waals surface area contributed by atoms with Crippen molar-refractivity contribution < 1.29 is 53.1 Å². The average Bonchev–Trinajstić information content (AvgIpc) is 3.80. The fourth-order valence-corrected chi connectivity index (χ4v) is 10.6. The molecule has 382 valence electrons. The highest BCUT2D eigenvalue weighted by Gasteiger charge is 2.66. The van der Waals surface area contributed by atoms with E-state index in [1.165, 1.54) is 44.9 Å². The highest BCUT2D eigenvalue weighted by atomic mass is 16.7. The summed E-state index contributed by atoms with van der Waals surface area (Å²) in [7, 11) is 0. The largest absolute Gasteiger partial charge is 0.459 e. The molecule has 14 nitrogen and oxygen atoms in total. The third-order valence-electron chi connectivity index (χ3n) is 13.7. The van der Waals surface area contributed by atoms with Crippen molar-refractivity contribution in [2.24, 2.45) is 22.9 Å². The zero-order valence-electron chi connectivity index (χ0n) is 42.1. The predicted octanol–water partition coefficient (Wildman–Crippen LogP) is 11.5. The minimum Gasteiger partial charge on any atom is -0.459 e. The Morgan fingerprint density at radius 2 is 1.58 bits per heavy atom. The number of nitrogens with one attached hydrogen (secondary N) is 1. The number of nitrogens with zero attached hydrogens (tertiary/aromatic N) is 2. The number of aliphatic hydroxyl groups excluding tert-OH is 2. The first kappa shape index (κ1) is 53.6. The van der Waals surface area contributed by atoms with Crippen molar-refractivity contribution in [1.29, 1.82) is 0 Å². The summed E-state index contributed by atoms with van der Waals surface area (Å²) in [6.07, 6.45) is 19.1. The van der Waals surface area contributed by atoms with Crippen molar-refractivity contribution >= 4 is 17.9 Å². The van der Waals surface area contributed by atoms with E-state index in [0.29, 0.717) is 48.1 Å². The lowest BCUT2D eigenvalue weighted by atomic mass is 9.55. The molecule has 69 heavy (non-hydrogen) atoms. The van der Waals surface area contributed by atoms with E-state index in [9.17, 15) is 15.0 Å². The van der Waals surface area contributed by atoms with E-state index in [2.05, 4.69) is 24.9 Å². The van der Waals surface area contributed by atoms with Crippen LogP contribution in [0.5, 0.6) is 23.0 Å². The molecule has 1 fully saturated rings. The van der Waals surface area contributed by atoms with Crippen LogP contribution in [-0.2, 0) is 20.9 Å². The van der Waals surface area contributed by atoms with E-state index in [4.69, 9.17) is 38.4 Å². The number of oxime groups is 1. The Morgan fingerprint density at radius 3 is 2.28 bits per heavy atom. The van der Waals surface area contributed by atoms with Gasteiger partial charge in [0.25, 0.3) is 0 Å². The Labute approximate surface area is 411 Å². The quantitative estimate of drug-likeness (QED) is 0.0422. The first-order chi connectivity index (χ1) is 33.5. The van der Waals surface area contributed by atoms with Gasteiger partial charge in [-0.05, 0) is 113 Å². The van der Waals surface area contributed by atoms with Crippen LogP contribution < -0.4 is 24.3 Å². The van der Waals surface area contributed by atoms with Gasteiger partial charge in [-0.15, -0.1) is 6.58 Å². The molecular formula is C55H81N3O11. The molecule has 0 spiro atoms. The SMILES string of the molecule is C=CCOC12Oc3ccc(OC(=O)NCC)cc3C3C(CCCCO)C(CCCCO)C=C(C(=NOC(C)(C)C)CC1N(Cc1ccc4c(c1)OCO4)C(=O)OCCCCCCCCCCCC)C32. The minimum absolute atomic E-state index is 0.0211. The van der Waals surface area contributed by atoms with Gasteiger partial charge in [0, 0.05) is 44.2 Å². The molecule has 2 aromatic carbocycles. The standard InChI is InChI=1S/C55H81N3O11/c1-7-10-11-12-13-14-15-16-17-22-32-63-53(62)58(37-39-25-27-47-48(33-39)65-38-64-47)49-36-45(57-69-54(4,5)6)43-34-40(23-18-20-29-59)42(24-19-21-30-60)50-44-35-41(67-52(61)56-9-3)26-28-46(44)68-55(49,51(43)50)66-31-8-2/h8,25-28,33-35,40,42,49-51,59-60H,2,7,9-24,29-32,36-38H2,1,3-6H3,(H,56,61). The number of amides is 2. The number of carbonyl (C=O) groups excluding carboxylic acids is 2. The van der Waals surface area contributed by atoms with Gasteiger partial charge in [-0.25, -0.2) is 9.59 Å². The van der Waals surface area contributed by atoms with Gasteiger partial charge in [0.1, 0.15) is 23.1 Å². The van der Waals surface area contributed by atoms with Gasteiger partial charge >= 0.3 is 12.2 Å².